The van der Waals surface area contributed by atoms with Crippen molar-refractivity contribution in [2.75, 3.05) is 4.90 Å². The fraction of sp³-hybridized carbons (Fsp3) is 0. The zero-order valence-corrected chi connectivity index (χ0v) is 26.0. The summed E-state index contributed by atoms with van der Waals surface area (Å²) in [6, 6.07) is 60.7. The van der Waals surface area contributed by atoms with Gasteiger partial charge in [0.15, 0.2) is 0 Å². The van der Waals surface area contributed by atoms with Crippen molar-refractivity contribution in [3.8, 4) is 33.6 Å². The fourth-order valence-electron chi connectivity index (χ4n) is 6.59. The van der Waals surface area contributed by atoms with Gasteiger partial charge in [-0.15, -0.1) is 0 Å². The van der Waals surface area contributed by atoms with E-state index in [0.29, 0.717) is 0 Å². The van der Waals surface area contributed by atoms with Gasteiger partial charge >= 0.3 is 0 Å². The summed E-state index contributed by atoms with van der Waals surface area (Å²) in [6.45, 7) is 0. The van der Waals surface area contributed by atoms with Crippen molar-refractivity contribution in [1.82, 2.24) is 9.97 Å². The number of hydrogen-bond acceptors (Lipinski definition) is 4. The molecule has 0 radical (unpaired) electrons. The number of nitrogens with zero attached hydrogens (tertiary/aromatic N) is 3. The number of furan rings is 1. The number of fused-ring (bicyclic) bond motifs is 4. The number of benzene rings is 7. The van der Waals surface area contributed by atoms with Crippen molar-refractivity contribution in [2.45, 2.75) is 0 Å². The van der Waals surface area contributed by atoms with Crippen LogP contribution < -0.4 is 4.90 Å². The minimum absolute atomic E-state index is 0.812. The summed E-state index contributed by atoms with van der Waals surface area (Å²) in [5.74, 6) is 0. The Morgan fingerprint density at radius 1 is 0.396 bits per heavy atom. The van der Waals surface area contributed by atoms with Gasteiger partial charge in [0, 0.05) is 45.0 Å². The Hall–Kier alpha value is -6.52. The molecule has 2 heterocycles. The van der Waals surface area contributed by atoms with Gasteiger partial charge in [0.1, 0.15) is 11.2 Å². The first-order valence-corrected chi connectivity index (χ1v) is 16.1. The minimum Gasteiger partial charge on any atom is -0.456 e. The summed E-state index contributed by atoms with van der Waals surface area (Å²) in [4.78, 5) is 12.6. The molecule has 0 amide bonds. The Morgan fingerprint density at radius 3 is 1.67 bits per heavy atom. The summed E-state index contributed by atoms with van der Waals surface area (Å²) in [6.07, 6.45) is 0. The van der Waals surface area contributed by atoms with E-state index in [4.69, 9.17) is 14.4 Å². The van der Waals surface area contributed by atoms with E-state index in [0.717, 1.165) is 72.5 Å². The second-order valence-corrected chi connectivity index (χ2v) is 11.8. The Labute approximate surface area is 278 Å². The molecule has 4 nitrogen and oxygen atoms in total. The van der Waals surface area contributed by atoms with Crippen LogP contribution in [0.1, 0.15) is 0 Å². The van der Waals surface area contributed by atoms with E-state index in [1.165, 1.54) is 11.1 Å². The first kappa shape index (κ1) is 27.8. The van der Waals surface area contributed by atoms with E-state index in [2.05, 4.69) is 114 Å². The third kappa shape index (κ3) is 4.88. The molecule has 0 aliphatic carbocycles. The van der Waals surface area contributed by atoms with Crippen molar-refractivity contribution < 1.29 is 4.42 Å². The van der Waals surface area contributed by atoms with Gasteiger partial charge in [-0.05, 0) is 65.7 Å². The van der Waals surface area contributed by atoms with Crippen LogP contribution in [0.15, 0.2) is 180 Å². The van der Waals surface area contributed by atoms with Gasteiger partial charge in [0.25, 0.3) is 0 Å². The molecule has 0 unspecified atom stereocenters. The summed E-state index contributed by atoms with van der Waals surface area (Å²) in [7, 11) is 0. The fourth-order valence-corrected chi connectivity index (χ4v) is 6.59. The molecule has 0 aliphatic heterocycles. The van der Waals surface area contributed by atoms with E-state index in [9.17, 15) is 0 Å². The number of hydrogen-bond donors (Lipinski definition) is 0. The predicted octanol–water partition coefficient (Wildman–Crippen LogP) is 12.0. The van der Waals surface area contributed by atoms with Gasteiger partial charge in [-0.25, -0.2) is 9.97 Å². The second-order valence-electron chi connectivity index (χ2n) is 11.8. The van der Waals surface area contributed by atoms with E-state index in [1.807, 2.05) is 66.7 Å². The largest absolute Gasteiger partial charge is 0.456 e. The Morgan fingerprint density at radius 2 is 0.958 bits per heavy atom. The van der Waals surface area contributed by atoms with Gasteiger partial charge in [-0.2, -0.15) is 0 Å². The average Bonchev–Trinajstić information content (AvgIpc) is 3.54. The molecule has 0 aliphatic rings. The smallest absolute Gasteiger partial charge is 0.137 e. The maximum atomic E-state index is 6.61. The Bertz CT molecular complexity index is 2540. The third-order valence-electron chi connectivity index (χ3n) is 8.86. The Kier molecular flexibility index (Phi) is 6.76. The summed E-state index contributed by atoms with van der Waals surface area (Å²) < 4.78 is 6.61. The van der Waals surface area contributed by atoms with Crippen molar-refractivity contribution in [1.29, 1.82) is 0 Å². The van der Waals surface area contributed by atoms with Crippen LogP contribution in [0.2, 0.25) is 0 Å². The molecule has 0 spiro atoms. The monoisotopic (exact) mass is 615 g/mol. The van der Waals surface area contributed by atoms with Gasteiger partial charge in [0.05, 0.1) is 22.4 Å². The number of rotatable bonds is 6. The maximum Gasteiger partial charge on any atom is 0.137 e. The van der Waals surface area contributed by atoms with Crippen molar-refractivity contribution in [3.63, 3.8) is 0 Å². The molecular formula is C44H29N3O. The molecule has 0 saturated heterocycles. The molecule has 0 saturated carbocycles. The SMILES string of the molecule is c1ccc(-c2ccc(N(c3ccccc3)c3ccc4c(c3)oc3cccc(-c5nc6ccccc6nc5-c5ccccc5)c34)cc2)cc1. The molecule has 0 bridgehead atoms. The van der Waals surface area contributed by atoms with Crippen LogP contribution in [0, 0.1) is 0 Å². The first-order valence-electron chi connectivity index (χ1n) is 16.1. The topological polar surface area (TPSA) is 42.2 Å². The highest BCUT2D eigenvalue weighted by molar-refractivity contribution is 6.14. The lowest BCUT2D eigenvalue weighted by Crippen LogP contribution is -2.09. The van der Waals surface area contributed by atoms with Crippen molar-refractivity contribution in [2.24, 2.45) is 0 Å². The van der Waals surface area contributed by atoms with Crippen LogP contribution in [-0.4, -0.2) is 9.97 Å². The average molecular weight is 616 g/mol. The highest BCUT2D eigenvalue weighted by Crippen LogP contribution is 2.43. The summed E-state index contributed by atoms with van der Waals surface area (Å²) in [5, 5.41) is 2.06. The summed E-state index contributed by atoms with van der Waals surface area (Å²) >= 11 is 0. The van der Waals surface area contributed by atoms with Crippen LogP contribution in [0.5, 0.6) is 0 Å². The van der Waals surface area contributed by atoms with E-state index in [1.54, 1.807) is 0 Å². The van der Waals surface area contributed by atoms with Crippen LogP contribution >= 0.6 is 0 Å². The molecule has 9 aromatic rings. The molecule has 48 heavy (non-hydrogen) atoms. The quantitative estimate of drug-likeness (QED) is 0.187. The van der Waals surface area contributed by atoms with E-state index >= 15 is 0 Å². The molecule has 0 N–H and O–H groups in total. The molecule has 0 atom stereocenters. The molecule has 226 valence electrons. The highest BCUT2D eigenvalue weighted by atomic mass is 16.3. The standard InChI is InChI=1S/C44H29N3O/c1-4-13-30(14-5-1)31-23-25-34(26-24-31)47(33-17-8-3-9-18-33)35-27-28-36-41(29-35)48-40-22-12-19-37(42(36)40)44-43(32-15-6-2-7-16-32)45-38-20-10-11-21-39(38)46-44/h1-29H. The highest BCUT2D eigenvalue weighted by Gasteiger charge is 2.20. The van der Waals surface area contributed by atoms with Crippen molar-refractivity contribution >= 4 is 50.0 Å². The van der Waals surface area contributed by atoms with Crippen LogP contribution in [0.3, 0.4) is 0 Å². The molecule has 4 heteroatoms. The molecule has 2 aromatic heterocycles. The lowest BCUT2D eigenvalue weighted by Gasteiger charge is -2.25. The van der Waals surface area contributed by atoms with Crippen molar-refractivity contribution in [3.05, 3.63) is 176 Å². The Balaban J connectivity index is 1.20. The second kappa shape index (κ2) is 11.7. The van der Waals surface area contributed by atoms with Crippen LogP contribution in [0.4, 0.5) is 17.1 Å². The molecule has 9 rings (SSSR count). The molecule has 7 aromatic carbocycles. The van der Waals surface area contributed by atoms with Gasteiger partial charge in [-0.3, -0.25) is 0 Å². The minimum atomic E-state index is 0.812. The third-order valence-corrected chi connectivity index (χ3v) is 8.86. The normalized spacial score (nSPS) is 11.3. The number of aromatic nitrogens is 2. The lowest BCUT2D eigenvalue weighted by molar-refractivity contribution is 0.669. The predicted molar refractivity (Wildman–Crippen MR) is 198 cm³/mol. The maximum absolute atomic E-state index is 6.61. The zero-order valence-electron chi connectivity index (χ0n) is 26.0. The van der Waals surface area contributed by atoms with Gasteiger partial charge in [-0.1, -0.05) is 115 Å². The van der Waals surface area contributed by atoms with Gasteiger partial charge in [0.2, 0.25) is 0 Å². The number of anilines is 3. The van der Waals surface area contributed by atoms with Crippen LogP contribution in [0.25, 0.3) is 66.6 Å². The first-order chi connectivity index (χ1) is 23.8. The molecule has 0 fully saturated rings. The molecular weight excluding hydrogens is 587 g/mol. The van der Waals surface area contributed by atoms with E-state index < -0.39 is 0 Å². The zero-order chi connectivity index (χ0) is 31.9. The number of para-hydroxylation sites is 3. The van der Waals surface area contributed by atoms with Gasteiger partial charge < -0.3 is 9.32 Å². The van der Waals surface area contributed by atoms with Crippen LogP contribution in [-0.2, 0) is 0 Å². The summed E-state index contributed by atoms with van der Waals surface area (Å²) in [5.41, 5.74) is 12.6. The van der Waals surface area contributed by atoms with E-state index in [-0.39, 0.29) is 0 Å². The lowest BCUT2D eigenvalue weighted by atomic mass is 9.98.